The molecule has 1 rings (SSSR count). The molecule has 53 heavy (non-hydrogen) atoms. The first kappa shape index (κ1) is 46.2. The number of aliphatic hydroxyl groups excluding tert-OH is 3. The second kappa shape index (κ2) is 24.4. The monoisotopic (exact) mass is 772 g/mol. The topological polar surface area (TPSA) is 362 Å². The molecule has 0 aliphatic carbocycles. The van der Waals surface area contributed by atoms with Crippen molar-refractivity contribution < 1.29 is 63.9 Å². The molecule has 0 bridgehead atoms. The average molecular weight is 773 g/mol. The van der Waals surface area contributed by atoms with Gasteiger partial charge in [0.05, 0.1) is 32.3 Å². The highest BCUT2D eigenvalue weighted by molar-refractivity contribution is 7.80. The predicted octanol–water partition coefficient (Wildman–Crippen LogP) is -5.94. The minimum Gasteiger partial charge on any atom is -0.481 e. The molecule has 0 aromatic heterocycles. The van der Waals surface area contributed by atoms with E-state index in [2.05, 4.69) is 44.5 Å². The Morgan fingerprint density at radius 3 is 1.45 bits per heavy atom. The van der Waals surface area contributed by atoms with Crippen LogP contribution >= 0.6 is 12.6 Å². The van der Waals surface area contributed by atoms with E-state index in [1.807, 2.05) is 0 Å². The molecule has 1 aromatic rings. The van der Waals surface area contributed by atoms with E-state index < -0.39 is 116 Å². The third-order valence-corrected chi connectivity index (χ3v) is 7.86. The van der Waals surface area contributed by atoms with Crippen LogP contribution in [0.25, 0.3) is 0 Å². The summed E-state index contributed by atoms with van der Waals surface area (Å²) in [6, 6.07) is -3.01. The van der Waals surface area contributed by atoms with Crippen LogP contribution < -0.4 is 43.4 Å². The average Bonchev–Trinajstić information content (AvgIpc) is 3.13. The molecule has 0 heterocycles. The number of aliphatic hydroxyl groups is 3. The molecule has 1 aromatic carbocycles. The summed E-state index contributed by atoms with van der Waals surface area (Å²) < 4.78 is 0. The quantitative estimate of drug-likeness (QED) is 0.0325. The molecule has 0 saturated carbocycles. The van der Waals surface area contributed by atoms with E-state index in [-0.39, 0.29) is 25.1 Å². The SMILES string of the molecule is NCCCC[C@H](NC(=O)[C@H](CC(=O)O)NC(=O)[C@H](Cc1ccccc1)NC(=O)[C@H](CO)NC(=O)[C@H](CO)NC(=O)[C@H](CO)NC(=O)[C@@H](N)CS)C(=O)O. The van der Waals surface area contributed by atoms with Crippen LogP contribution in [-0.4, -0.2) is 147 Å². The first-order valence-electron chi connectivity index (χ1n) is 16.3. The van der Waals surface area contributed by atoms with Crippen molar-refractivity contribution in [3.63, 3.8) is 0 Å². The molecular formula is C31H48N8O13S. The maximum atomic E-state index is 13.5. The second-order valence-electron chi connectivity index (χ2n) is 11.6. The van der Waals surface area contributed by atoms with Crippen molar-refractivity contribution in [2.24, 2.45) is 11.5 Å². The number of thiol groups is 1. The third kappa shape index (κ3) is 16.6. The summed E-state index contributed by atoms with van der Waals surface area (Å²) in [5.74, 6) is -9.55. The molecule has 0 unspecified atom stereocenters. The highest BCUT2D eigenvalue weighted by Gasteiger charge is 2.34. The molecular weight excluding hydrogens is 724 g/mol. The molecule has 22 heteroatoms. The number of amides is 6. The van der Waals surface area contributed by atoms with Crippen LogP contribution in [0, 0.1) is 0 Å². The lowest BCUT2D eigenvalue weighted by Crippen LogP contribution is -2.61. The highest BCUT2D eigenvalue weighted by Crippen LogP contribution is 2.07. The molecule has 21 nitrogen and oxygen atoms in total. The molecule has 0 aliphatic heterocycles. The fourth-order valence-corrected chi connectivity index (χ4v) is 4.66. The minimum absolute atomic E-state index is 0.0303. The van der Waals surface area contributed by atoms with E-state index in [1.165, 1.54) is 0 Å². The van der Waals surface area contributed by atoms with Gasteiger partial charge in [-0.3, -0.25) is 33.6 Å². The lowest BCUT2D eigenvalue weighted by molar-refractivity contribution is -0.144. The molecule has 0 radical (unpaired) electrons. The number of nitrogens with one attached hydrogen (secondary N) is 6. The summed E-state index contributed by atoms with van der Waals surface area (Å²) in [6.45, 7) is -2.76. The number of carboxylic acid groups (broad SMARTS) is 2. The van der Waals surface area contributed by atoms with Crippen LogP contribution in [0.1, 0.15) is 31.2 Å². The van der Waals surface area contributed by atoms with E-state index in [0.717, 1.165) is 0 Å². The number of carbonyl (C=O) groups excluding carboxylic acids is 6. The largest absolute Gasteiger partial charge is 0.481 e. The van der Waals surface area contributed by atoms with Crippen molar-refractivity contribution in [1.29, 1.82) is 0 Å². The van der Waals surface area contributed by atoms with Gasteiger partial charge in [-0.25, -0.2) is 4.79 Å². The number of hydrogen-bond donors (Lipinski definition) is 14. The fraction of sp³-hybridized carbons (Fsp3) is 0.548. The molecule has 0 fully saturated rings. The lowest BCUT2D eigenvalue weighted by Gasteiger charge is -2.26. The normalized spacial score (nSPS) is 14.8. The Morgan fingerprint density at radius 1 is 0.604 bits per heavy atom. The van der Waals surface area contributed by atoms with Gasteiger partial charge < -0.3 is 68.9 Å². The number of benzene rings is 1. The first-order chi connectivity index (χ1) is 25.1. The van der Waals surface area contributed by atoms with Crippen molar-refractivity contribution in [2.45, 2.75) is 74.4 Å². The van der Waals surface area contributed by atoms with Crippen LogP contribution in [0.4, 0.5) is 0 Å². The van der Waals surface area contributed by atoms with Crippen molar-refractivity contribution >= 4 is 60.0 Å². The summed E-state index contributed by atoms with van der Waals surface area (Å²) in [7, 11) is 0. The Balaban J connectivity index is 3.19. The number of nitrogens with two attached hydrogens (primary N) is 2. The summed E-state index contributed by atoms with van der Waals surface area (Å²) >= 11 is 3.86. The Morgan fingerprint density at radius 2 is 1.02 bits per heavy atom. The van der Waals surface area contributed by atoms with Gasteiger partial charge in [-0.1, -0.05) is 30.3 Å². The Bertz CT molecular complexity index is 1410. The zero-order valence-electron chi connectivity index (χ0n) is 28.6. The Kier molecular flexibility index (Phi) is 21.2. The van der Waals surface area contributed by atoms with Crippen molar-refractivity contribution in [2.75, 3.05) is 32.1 Å². The first-order valence-corrected chi connectivity index (χ1v) is 16.9. The van der Waals surface area contributed by atoms with Crippen molar-refractivity contribution in [1.82, 2.24) is 31.9 Å². The van der Waals surface area contributed by atoms with Gasteiger partial charge in [0.15, 0.2) is 0 Å². The zero-order chi connectivity index (χ0) is 40.1. The maximum absolute atomic E-state index is 13.5. The zero-order valence-corrected chi connectivity index (χ0v) is 29.5. The van der Waals surface area contributed by atoms with Gasteiger partial charge in [0, 0.05) is 12.2 Å². The molecule has 15 N–H and O–H groups in total. The van der Waals surface area contributed by atoms with Crippen molar-refractivity contribution in [3.8, 4) is 0 Å². The van der Waals surface area contributed by atoms with Gasteiger partial charge in [-0.15, -0.1) is 0 Å². The Labute approximate surface area is 309 Å². The number of unbranched alkanes of at least 4 members (excludes halogenated alkanes) is 1. The molecule has 0 aliphatic rings. The maximum Gasteiger partial charge on any atom is 0.326 e. The number of hydrogen-bond acceptors (Lipinski definition) is 14. The lowest BCUT2D eigenvalue weighted by atomic mass is 10.0. The molecule has 6 amide bonds. The van der Waals surface area contributed by atoms with Gasteiger partial charge >= 0.3 is 11.9 Å². The molecule has 7 atom stereocenters. The number of aliphatic carboxylic acids is 2. The molecule has 296 valence electrons. The van der Waals surface area contributed by atoms with E-state index in [4.69, 9.17) is 11.5 Å². The van der Waals surface area contributed by atoms with E-state index in [1.54, 1.807) is 30.3 Å². The smallest absolute Gasteiger partial charge is 0.326 e. The highest BCUT2D eigenvalue weighted by atomic mass is 32.1. The number of rotatable bonds is 25. The van der Waals surface area contributed by atoms with Gasteiger partial charge in [-0.2, -0.15) is 12.6 Å². The Hall–Kier alpha value is -4.87. The van der Waals surface area contributed by atoms with Crippen LogP contribution in [0.15, 0.2) is 30.3 Å². The van der Waals surface area contributed by atoms with Crippen LogP contribution in [-0.2, 0) is 44.8 Å². The van der Waals surface area contributed by atoms with Gasteiger partial charge in [0.2, 0.25) is 35.4 Å². The van der Waals surface area contributed by atoms with E-state index in [0.29, 0.717) is 18.4 Å². The number of carbonyl (C=O) groups is 8. The second-order valence-corrected chi connectivity index (χ2v) is 12.0. The van der Waals surface area contributed by atoms with Gasteiger partial charge in [-0.05, 0) is 31.4 Å². The summed E-state index contributed by atoms with van der Waals surface area (Å²) in [5.41, 5.74) is 11.4. The van der Waals surface area contributed by atoms with Crippen LogP contribution in [0.5, 0.6) is 0 Å². The van der Waals surface area contributed by atoms with Gasteiger partial charge in [0.1, 0.15) is 36.3 Å². The standard InChI is InChI=1S/C31H48N8O13S/c32-9-5-4-8-18(31(51)52)34-27(47)20(11-24(43)44)36-26(46)19(10-16-6-2-1-3-7-16)35-28(48)22(13-41)38-30(50)23(14-42)39-29(49)21(12-40)37-25(45)17(33)15-53/h1-3,6-7,17-23,40-42,53H,4-5,8-15,32-33H2,(H,34,47)(H,35,48)(H,36,46)(H,37,45)(H,38,50)(H,39,49)(H,43,44)(H,51,52)/t17-,18-,19-,20-,21-,22-,23-/m0/s1. The van der Waals surface area contributed by atoms with Gasteiger partial charge in [0.25, 0.3) is 0 Å². The summed E-state index contributed by atoms with van der Waals surface area (Å²) in [4.78, 5) is 101. The van der Waals surface area contributed by atoms with Crippen LogP contribution in [0.2, 0.25) is 0 Å². The number of carboxylic acids is 2. The predicted molar refractivity (Wildman–Crippen MR) is 188 cm³/mol. The molecule has 0 spiro atoms. The van der Waals surface area contributed by atoms with Crippen molar-refractivity contribution in [3.05, 3.63) is 35.9 Å². The summed E-state index contributed by atoms with van der Waals surface area (Å²) in [5, 5.41) is 61.3. The third-order valence-electron chi connectivity index (χ3n) is 7.47. The van der Waals surface area contributed by atoms with E-state index >= 15 is 0 Å². The fourth-order valence-electron chi connectivity index (χ4n) is 4.50. The summed E-state index contributed by atoms with van der Waals surface area (Å²) in [6.07, 6.45) is -0.460. The van der Waals surface area contributed by atoms with Crippen LogP contribution in [0.3, 0.4) is 0 Å². The van der Waals surface area contributed by atoms with E-state index in [9.17, 15) is 63.9 Å². The molecule has 0 saturated heterocycles. The minimum atomic E-state index is -1.80.